The van der Waals surface area contributed by atoms with Crippen LogP contribution in [0.25, 0.3) is 0 Å². The Bertz CT molecular complexity index is 296. The maximum absolute atomic E-state index is 11.9. The van der Waals surface area contributed by atoms with Gasteiger partial charge < -0.3 is 20.1 Å². The summed E-state index contributed by atoms with van der Waals surface area (Å²) in [6, 6.07) is -0.152. The molecule has 6 nitrogen and oxygen atoms in total. The maximum Gasteiger partial charge on any atom is 0.317 e. The molecule has 0 radical (unpaired) electrons. The number of urea groups is 1. The Morgan fingerprint density at radius 2 is 2.17 bits per heavy atom. The minimum atomic E-state index is -0.765. The number of likely N-dealkylation sites (N-methyl/N-ethyl adjacent to an activating group) is 1. The minimum absolute atomic E-state index is 0.0183. The van der Waals surface area contributed by atoms with E-state index in [1.54, 1.807) is 12.0 Å². The summed E-state index contributed by atoms with van der Waals surface area (Å²) in [6.07, 6.45) is 1.91. The van der Waals surface area contributed by atoms with Crippen LogP contribution in [0, 0.1) is 5.92 Å². The number of methoxy groups -OCH3 is 1. The third-order valence-corrected chi connectivity index (χ3v) is 3.34. The second-order valence-electron chi connectivity index (χ2n) is 4.57. The highest BCUT2D eigenvalue weighted by atomic mass is 16.5. The molecule has 1 aliphatic rings. The first-order valence-electron chi connectivity index (χ1n) is 6.35. The largest absolute Gasteiger partial charge is 0.481 e. The Kier molecular flexibility index (Phi) is 5.91. The summed E-state index contributed by atoms with van der Waals surface area (Å²) >= 11 is 0. The maximum atomic E-state index is 11.9. The SMILES string of the molecule is CCN(CCOC)C(=O)NC1CCC(C(=O)O)C1. The molecule has 1 aliphatic carbocycles. The average Bonchev–Trinajstić information content (AvgIpc) is 2.78. The van der Waals surface area contributed by atoms with Crippen molar-refractivity contribution in [2.24, 2.45) is 5.92 Å². The van der Waals surface area contributed by atoms with Crippen LogP contribution in [0.1, 0.15) is 26.2 Å². The van der Waals surface area contributed by atoms with Crippen molar-refractivity contribution in [3.8, 4) is 0 Å². The van der Waals surface area contributed by atoms with Gasteiger partial charge in [-0.05, 0) is 26.2 Å². The summed E-state index contributed by atoms with van der Waals surface area (Å²) in [5, 5.41) is 11.8. The molecule has 1 rings (SSSR count). The summed E-state index contributed by atoms with van der Waals surface area (Å²) in [5.74, 6) is -1.08. The van der Waals surface area contributed by atoms with Crippen molar-refractivity contribution >= 4 is 12.0 Å². The highest BCUT2D eigenvalue weighted by molar-refractivity contribution is 5.75. The molecule has 2 amide bonds. The summed E-state index contributed by atoms with van der Waals surface area (Å²) < 4.78 is 4.94. The van der Waals surface area contributed by atoms with Gasteiger partial charge in [-0.25, -0.2) is 4.79 Å². The fraction of sp³-hybridized carbons (Fsp3) is 0.833. The van der Waals surface area contributed by atoms with E-state index in [4.69, 9.17) is 9.84 Å². The molecule has 2 unspecified atom stereocenters. The second kappa shape index (κ2) is 7.20. The zero-order valence-corrected chi connectivity index (χ0v) is 11.0. The van der Waals surface area contributed by atoms with Gasteiger partial charge in [-0.15, -0.1) is 0 Å². The summed E-state index contributed by atoms with van der Waals surface area (Å²) in [4.78, 5) is 24.4. The molecule has 0 heterocycles. The van der Waals surface area contributed by atoms with Crippen molar-refractivity contribution in [2.45, 2.75) is 32.2 Å². The molecule has 1 fully saturated rings. The molecule has 0 aromatic carbocycles. The van der Waals surface area contributed by atoms with Crippen LogP contribution in [0.2, 0.25) is 0 Å². The number of carbonyl (C=O) groups is 2. The monoisotopic (exact) mass is 258 g/mol. The van der Waals surface area contributed by atoms with Crippen molar-refractivity contribution in [1.29, 1.82) is 0 Å². The quantitative estimate of drug-likeness (QED) is 0.742. The van der Waals surface area contributed by atoms with Gasteiger partial charge >= 0.3 is 12.0 Å². The number of rotatable bonds is 6. The highest BCUT2D eigenvalue weighted by Crippen LogP contribution is 2.25. The third-order valence-electron chi connectivity index (χ3n) is 3.34. The molecule has 0 aromatic rings. The topological polar surface area (TPSA) is 78.9 Å². The van der Waals surface area contributed by atoms with Crippen LogP contribution in [0.15, 0.2) is 0 Å². The minimum Gasteiger partial charge on any atom is -0.481 e. The number of carboxylic acid groups (broad SMARTS) is 1. The van der Waals surface area contributed by atoms with Gasteiger partial charge in [0.25, 0.3) is 0 Å². The normalized spacial score (nSPS) is 22.8. The number of nitrogens with zero attached hydrogens (tertiary/aromatic N) is 1. The first kappa shape index (κ1) is 14.8. The second-order valence-corrected chi connectivity index (χ2v) is 4.57. The molecule has 2 N–H and O–H groups in total. The van der Waals surface area contributed by atoms with E-state index in [-0.39, 0.29) is 18.0 Å². The summed E-state index contributed by atoms with van der Waals surface area (Å²) in [5.41, 5.74) is 0. The lowest BCUT2D eigenvalue weighted by molar-refractivity contribution is -0.141. The first-order chi connectivity index (χ1) is 8.58. The fourth-order valence-corrected chi connectivity index (χ4v) is 2.21. The molecular weight excluding hydrogens is 236 g/mol. The van der Waals surface area contributed by atoms with Crippen LogP contribution in [0.4, 0.5) is 4.79 Å². The summed E-state index contributed by atoms with van der Waals surface area (Å²) in [6.45, 7) is 3.58. The fourth-order valence-electron chi connectivity index (χ4n) is 2.21. The average molecular weight is 258 g/mol. The van der Waals surface area contributed by atoms with Gasteiger partial charge in [0.05, 0.1) is 12.5 Å². The lowest BCUT2D eigenvalue weighted by Gasteiger charge is -2.23. The molecule has 18 heavy (non-hydrogen) atoms. The number of ether oxygens (including phenoxy) is 1. The van der Waals surface area contributed by atoms with Gasteiger partial charge in [0.15, 0.2) is 0 Å². The van der Waals surface area contributed by atoms with Crippen molar-refractivity contribution in [2.75, 3.05) is 26.8 Å². The van der Waals surface area contributed by atoms with Crippen LogP contribution in [-0.4, -0.2) is 54.9 Å². The van der Waals surface area contributed by atoms with Crippen LogP contribution < -0.4 is 5.32 Å². The van der Waals surface area contributed by atoms with Gasteiger partial charge in [-0.2, -0.15) is 0 Å². The number of hydrogen-bond donors (Lipinski definition) is 2. The van der Waals surface area contributed by atoms with E-state index in [0.29, 0.717) is 32.5 Å². The third kappa shape index (κ3) is 4.18. The zero-order chi connectivity index (χ0) is 13.5. The van der Waals surface area contributed by atoms with Crippen molar-refractivity contribution in [3.63, 3.8) is 0 Å². The van der Waals surface area contributed by atoms with Gasteiger partial charge in [0, 0.05) is 26.2 Å². The van der Waals surface area contributed by atoms with E-state index < -0.39 is 5.97 Å². The Hall–Kier alpha value is -1.30. The Labute approximate surface area is 107 Å². The van der Waals surface area contributed by atoms with Crippen molar-refractivity contribution in [1.82, 2.24) is 10.2 Å². The van der Waals surface area contributed by atoms with E-state index in [1.165, 1.54) is 0 Å². The number of carbonyl (C=O) groups excluding carboxylic acids is 1. The van der Waals surface area contributed by atoms with Gasteiger partial charge in [0.1, 0.15) is 0 Å². The molecule has 6 heteroatoms. The Morgan fingerprint density at radius 1 is 1.44 bits per heavy atom. The van der Waals surface area contributed by atoms with Gasteiger partial charge in [0.2, 0.25) is 0 Å². The van der Waals surface area contributed by atoms with Crippen LogP contribution >= 0.6 is 0 Å². The molecule has 0 spiro atoms. The highest BCUT2D eigenvalue weighted by Gasteiger charge is 2.31. The number of hydrogen-bond acceptors (Lipinski definition) is 3. The van der Waals surface area contributed by atoms with E-state index in [9.17, 15) is 9.59 Å². The Balaban J connectivity index is 2.37. The van der Waals surface area contributed by atoms with Crippen molar-refractivity contribution < 1.29 is 19.4 Å². The molecule has 1 saturated carbocycles. The van der Waals surface area contributed by atoms with Crippen LogP contribution in [0.5, 0.6) is 0 Å². The van der Waals surface area contributed by atoms with Gasteiger partial charge in [-0.1, -0.05) is 0 Å². The van der Waals surface area contributed by atoms with E-state index in [1.807, 2.05) is 6.92 Å². The predicted octanol–water partition coefficient (Wildman–Crippen LogP) is 0.918. The van der Waals surface area contributed by atoms with E-state index >= 15 is 0 Å². The molecule has 0 aliphatic heterocycles. The van der Waals surface area contributed by atoms with Crippen molar-refractivity contribution in [3.05, 3.63) is 0 Å². The van der Waals surface area contributed by atoms with Crippen LogP contribution in [-0.2, 0) is 9.53 Å². The van der Waals surface area contributed by atoms with E-state index in [0.717, 1.165) is 6.42 Å². The standard InChI is InChI=1S/C12H22N2O4/c1-3-14(6-7-18-2)12(17)13-10-5-4-9(8-10)11(15)16/h9-10H,3-8H2,1-2H3,(H,13,17)(H,15,16). The molecule has 0 aromatic heterocycles. The molecule has 2 atom stereocenters. The predicted molar refractivity (Wildman–Crippen MR) is 66.4 cm³/mol. The zero-order valence-electron chi connectivity index (χ0n) is 11.0. The number of nitrogens with one attached hydrogen (secondary N) is 1. The smallest absolute Gasteiger partial charge is 0.317 e. The Morgan fingerprint density at radius 3 is 2.67 bits per heavy atom. The van der Waals surface area contributed by atoms with Gasteiger partial charge in [-0.3, -0.25) is 4.79 Å². The number of aliphatic carboxylic acids is 1. The molecule has 0 saturated heterocycles. The number of amides is 2. The molecular formula is C12H22N2O4. The summed E-state index contributed by atoms with van der Waals surface area (Å²) in [7, 11) is 1.60. The first-order valence-corrected chi connectivity index (χ1v) is 6.35. The van der Waals surface area contributed by atoms with E-state index in [2.05, 4.69) is 5.32 Å². The lowest BCUT2D eigenvalue weighted by atomic mass is 10.1. The number of carboxylic acids is 1. The molecule has 0 bridgehead atoms. The molecule has 104 valence electrons. The lowest BCUT2D eigenvalue weighted by Crippen LogP contribution is -2.45. The van der Waals surface area contributed by atoms with Crippen LogP contribution in [0.3, 0.4) is 0 Å².